The van der Waals surface area contributed by atoms with E-state index < -0.39 is 4.92 Å². The Morgan fingerprint density at radius 2 is 2.38 bits per heavy atom. The summed E-state index contributed by atoms with van der Waals surface area (Å²) in [7, 11) is 0. The van der Waals surface area contributed by atoms with Gasteiger partial charge in [0.1, 0.15) is 0 Å². The molecule has 0 spiro atoms. The molecule has 1 N–H and O–H groups in total. The summed E-state index contributed by atoms with van der Waals surface area (Å²) in [4.78, 5) is 10.7. The van der Waals surface area contributed by atoms with Crippen molar-refractivity contribution in [2.24, 2.45) is 0 Å². The highest BCUT2D eigenvalue weighted by atomic mass is 32.1. The van der Waals surface area contributed by atoms with Crippen LogP contribution in [0.1, 0.15) is 11.3 Å². The number of thiophene rings is 1. The lowest BCUT2D eigenvalue weighted by Crippen LogP contribution is -1.80. The van der Waals surface area contributed by atoms with Gasteiger partial charge in [-0.2, -0.15) is 0 Å². The van der Waals surface area contributed by atoms with Gasteiger partial charge in [0.15, 0.2) is 0 Å². The van der Waals surface area contributed by atoms with Crippen molar-refractivity contribution in [3.63, 3.8) is 0 Å². The molecule has 0 aliphatic carbocycles. The molecule has 13 heavy (non-hydrogen) atoms. The van der Waals surface area contributed by atoms with E-state index in [1.807, 2.05) is 0 Å². The van der Waals surface area contributed by atoms with E-state index in [1.54, 1.807) is 18.2 Å². The van der Waals surface area contributed by atoms with Gasteiger partial charge < -0.3 is 5.11 Å². The Labute approximate surface area is 79.3 Å². The molecular formula is C8H9NO3S. The van der Waals surface area contributed by atoms with Crippen molar-refractivity contribution in [3.8, 4) is 0 Å². The van der Waals surface area contributed by atoms with Crippen LogP contribution in [0.25, 0.3) is 6.08 Å². The van der Waals surface area contributed by atoms with Crippen molar-refractivity contribution >= 4 is 22.4 Å². The maximum Gasteiger partial charge on any atom is 0.324 e. The van der Waals surface area contributed by atoms with Gasteiger partial charge in [-0.15, -0.1) is 0 Å². The number of aliphatic hydroxyl groups is 1. The summed E-state index contributed by atoms with van der Waals surface area (Å²) in [5.41, 5.74) is 0. The fourth-order valence-electron chi connectivity index (χ4n) is 0.804. The quantitative estimate of drug-likeness (QED) is 0.596. The highest BCUT2D eigenvalue weighted by molar-refractivity contribution is 7.16. The van der Waals surface area contributed by atoms with E-state index in [2.05, 4.69) is 0 Å². The minimum atomic E-state index is -0.409. The molecule has 0 aromatic carbocycles. The highest BCUT2D eigenvalue weighted by Gasteiger charge is 2.06. The number of nitro groups is 1. The van der Waals surface area contributed by atoms with Gasteiger partial charge in [-0.05, 0) is 18.6 Å². The molecule has 0 radical (unpaired) electrons. The molecule has 0 saturated heterocycles. The smallest absolute Gasteiger partial charge is 0.324 e. The number of hydrogen-bond donors (Lipinski definition) is 1. The predicted molar refractivity (Wildman–Crippen MR) is 51.7 cm³/mol. The topological polar surface area (TPSA) is 63.4 Å². The van der Waals surface area contributed by atoms with E-state index in [1.165, 1.54) is 6.07 Å². The number of nitrogens with zero attached hydrogens (tertiary/aromatic N) is 1. The van der Waals surface area contributed by atoms with Crippen LogP contribution in [0, 0.1) is 10.1 Å². The Morgan fingerprint density at radius 1 is 1.62 bits per heavy atom. The largest absolute Gasteiger partial charge is 0.396 e. The second-order valence-corrected chi connectivity index (χ2v) is 3.44. The van der Waals surface area contributed by atoms with Crippen LogP contribution in [0.5, 0.6) is 0 Å². The Balaban J connectivity index is 2.64. The van der Waals surface area contributed by atoms with Crippen LogP contribution < -0.4 is 0 Å². The maximum absolute atomic E-state index is 10.3. The van der Waals surface area contributed by atoms with Crippen LogP contribution in [-0.2, 0) is 0 Å². The minimum Gasteiger partial charge on any atom is -0.396 e. The monoisotopic (exact) mass is 199 g/mol. The van der Waals surface area contributed by atoms with E-state index in [0.29, 0.717) is 6.42 Å². The SMILES string of the molecule is O=[N+]([O-])c1ccc(C=CCCO)s1. The lowest BCUT2D eigenvalue weighted by atomic mass is 10.3. The molecule has 0 saturated carbocycles. The molecule has 0 atom stereocenters. The summed E-state index contributed by atoms with van der Waals surface area (Å²) in [5, 5.41) is 18.9. The molecule has 4 nitrogen and oxygen atoms in total. The van der Waals surface area contributed by atoms with Crippen LogP contribution in [-0.4, -0.2) is 16.6 Å². The number of aliphatic hydroxyl groups excluding tert-OH is 1. The molecule has 0 amide bonds. The summed E-state index contributed by atoms with van der Waals surface area (Å²) in [6, 6.07) is 3.17. The van der Waals surface area contributed by atoms with E-state index in [-0.39, 0.29) is 11.6 Å². The zero-order valence-corrected chi connectivity index (χ0v) is 7.66. The third-order valence-corrected chi connectivity index (χ3v) is 2.37. The average Bonchev–Trinajstić information content (AvgIpc) is 2.53. The van der Waals surface area contributed by atoms with Gasteiger partial charge in [-0.3, -0.25) is 10.1 Å². The average molecular weight is 199 g/mol. The Kier molecular flexibility index (Phi) is 3.60. The van der Waals surface area contributed by atoms with Gasteiger partial charge in [0.25, 0.3) is 0 Å². The van der Waals surface area contributed by atoms with Gasteiger partial charge in [0, 0.05) is 17.6 Å². The summed E-state index contributed by atoms with van der Waals surface area (Å²) in [6.07, 6.45) is 4.13. The van der Waals surface area contributed by atoms with Crippen molar-refractivity contribution < 1.29 is 10.0 Å². The molecule has 70 valence electrons. The fourth-order valence-corrected chi connectivity index (χ4v) is 1.56. The van der Waals surface area contributed by atoms with Crippen molar-refractivity contribution in [2.75, 3.05) is 6.61 Å². The summed E-state index contributed by atoms with van der Waals surface area (Å²) < 4.78 is 0. The number of rotatable bonds is 4. The molecule has 0 unspecified atom stereocenters. The molecule has 1 heterocycles. The Bertz CT molecular complexity index is 319. The van der Waals surface area contributed by atoms with Gasteiger partial charge >= 0.3 is 5.00 Å². The fraction of sp³-hybridized carbons (Fsp3) is 0.250. The van der Waals surface area contributed by atoms with Crippen LogP contribution in [0.3, 0.4) is 0 Å². The molecule has 0 bridgehead atoms. The van der Waals surface area contributed by atoms with Crippen LogP contribution >= 0.6 is 11.3 Å². The molecule has 0 aliphatic rings. The lowest BCUT2D eigenvalue weighted by molar-refractivity contribution is -0.380. The highest BCUT2D eigenvalue weighted by Crippen LogP contribution is 2.24. The standard InChI is InChI=1S/C8H9NO3S/c10-6-2-1-3-7-4-5-8(13-7)9(11)12/h1,3-5,10H,2,6H2. The predicted octanol–water partition coefficient (Wildman–Crippen LogP) is 2.05. The number of hydrogen-bond acceptors (Lipinski definition) is 4. The molecule has 0 aliphatic heterocycles. The van der Waals surface area contributed by atoms with Crippen LogP contribution in [0.4, 0.5) is 5.00 Å². The zero-order valence-electron chi connectivity index (χ0n) is 6.84. The zero-order chi connectivity index (χ0) is 9.68. The van der Waals surface area contributed by atoms with Crippen molar-refractivity contribution in [1.82, 2.24) is 0 Å². The van der Waals surface area contributed by atoms with Gasteiger partial charge in [-0.25, -0.2) is 0 Å². The Hall–Kier alpha value is -1.20. The van der Waals surface area contributed by atoms with Gasteiger partial charge in [0.05, 0.1) is 4.92 Å². The summed E-state index contributed by atoms with van der Waals surface area (Å²) >= 11 is 1.12. The van der Waals surface area contributed by atoms with Crippen LogP contribution in [0.15, 0.2) is 18.2 Å². The van der Waals surface area contributed by atoms with E-state index in [4.69, 9.17) is 5.11 Å². The molecule has 0 fully saturated rings. The van der Waals surface area contributed by atoms with Gasteiger partial charge in [-0.1, -0.05) is 17.4 Å². The molecule has 1 aromatic heterocycles. The van der Waals surface area contributed by atoms with Crippen molar-refractivity contribution in [2.45, 2.75) is 6.42 Å². The van der Waals surface area contributed by atoms with Gasteiger partial charge in [0.2, 0.25) is 0 Å². The van der Waals surface area contributed by atoms with E-state index in [9.17, 15) is 10.1 Å². The first-order valence-corrected chi connectivity index (χ1v) is 4.57. The maximum atomic E-state index is 10.3. The summed E-state index contributed by atoms with van der Waals surface area (Å²) in [5.74, 6) is 0. The first-order valence-electron chi connectivity index (χ1n) is 3.75. The third-order valence-electron chi connectivity index (χ3n) is 1.37. The van der Waals surface area contributed by atoms with E-state index >= 15 is 0 Å². The van der Waals surface area contributed by atoms with Crippen LogP contribution in [0.2, 0.25) is 0 Å². The second kappa shape index (κ2) is 4.74. The molecule has 5 heteroatoms. The molecule has 1 aromatic rings. The summed E-state index contributed by atoms with van der Waals surface area (Å²) in [6.45, 7) is 0.101. The second-order valence-electron chi connectivity index (χ2n) is 2.35. The molecular weight excluding hydrogens is 190 g/mol. The Morgan fingerprint density at radius 3 is 2.92 bits per heavy atom. The lowest BCUT2D eigenvalue weighted by Gasteiger charge is -1.83. The normalized spacial score (nSPS) is 10.8. The third kappa shape index (κ3) is 2.96. The first kappa shape index (κ1) is 9.88. The molecule has 1 rings (SSSR count). The first-order chi connectivity index (χ1) is 6.24. The van der Waals surface area contributed by atoms with Crippen molar-refractivity contribution in [1.29, 1.82) is 0 Å². The minimum absolute atomic E-state index is 0.101. The van der Waals surface area contributed by atoms with E-state index in [0.717, 1.165) is 16.2 Å². The van der Waals surface area contributed by atoms with Crippen molar-refractivity contribution in [3.05, 3.63) is 33.2 Å².